The number of carboxylic acids is 1. The van der Waals surface area contributed by atoms with Crippen LogP contribution in [0, 0.1) is 0 Å². The molecule has 0 unspecified atom stereocenters. The van der Waals surface area contributed by atoms with Gasteiger partial charge in [-0.1, -0.05) is 23.8 Å². The van der Waals surface area contributed by atoms with E-state index in [1.807, 2.05) is 6.92 Å². The van der Waals surface area contributed by atoms with Gasteiger partial charge in [0.2, 0.25) is 0 Å². The van der Waals surface area contributed by atoms with Gasteiger partial charge in [0, 0.05) is 24.9 Å². The van der Waals surface area contributed by atoms with Crippen LogP contribution in [0.5, 0.6) is 0 Å². The van der Waals surface area contributed by atoms with Gasteiger partial charge in [-0.25, -0.2) is 9.59 Å². The molecule has 21 heavy (non-hydrogen) atoms. The summed E-state index contributed by atoms with van der Waals surface area (Å²) in [4.78, 5) is 24.3. The van der Waals surface area contributed by atoms with Crippen LogP contribution in [0.4, 0.5) is 10.5 Å². The first-order chi connectivity index (χ1) is 10.0. The lowest BCUT2D eigenvalue weighted by molar-refractivity contribution is -0.131. The van der Waals surface area contributed by atoms with Crippen LogP contribution >= 0.6 is 0 Å². The quantitative estimate of drug-likeness (QED) is 0.663. The lowest BCUT2D eigenvalue weighted by atomic mass is 10.1. The highest BCUT2D eigenvalue weighted by Crippen LogP contribution is 2.14. The van der Waals surface area contributed by atoms with E-state index in [2.05, 4.69) is 11.4 Å². The van der Waals surface area contributed by atoms with E-state index in [1.165, 1.54) is 11.6 Å². The van der Waals surface area contributed by atoms with Crippen molar-refractivity contribution in [3.05, 3.63) is 47.6 Å². The van der Waals surface area contributed by atoms with Gasteiger partial charge in [-0.05, 0) is 37.1 Å². The predicted molar refractivity (Wildman–Crippen MR) is 82.1 cm³/mol. The van der Waals surface area contributed by atoms with Gasteiger partial charge in [0.05, 0.1) is 0 Å². The smallest absolute Gasteiger partial charge is 0.328 e. The Bertz CT molecular complexity index is 588. The molecule has 0 saturated carbocycles. The Morgan fingerprint density at radius 3 is 2.62 bits per heavy atom. The molecule has 1 aromatic carbocycles. The van der Waals surface area contributed by atoms with Gasteiger partial charge in [-0.3, -0.25) is 0 Å². The second-order valence-corrected chi connectivity index (χ2v) is 4.98. The Morgan fingerprint density at radius 2 is 2.00 bits per heavy atom. The SMILES string of the molecule is CC1=CCCN(C(=O)Nc2ccc(/C=C/C(=O)O)cc2)C1. The van der Waals surface area contributed by atoms with Crippen molar-refractivity contribution in [3.63, 3.8) is 0 Å². The Kier molecular flexibility index (Phi) is 4.77. The Hall–Kier alpha value is -2.56. The van der Waals surface area contributed by atoms with E-state index in [0.717, 1.165) is 24.6 Å². The average molecular weight is 286 g/mol. The molecule has 110 valence electrons. The van der Waals surface area contributed by atoms with Crippen LogP contribution in [0.25, 0.3) is 6.08 Å². The number of urea groups is 1. The van der Waals surface area contributed by atoms with Crippen molar-refractivity contribution in [2.24, 2.45) is 0 Å². The van der Waals surface area contributed by atoms with Crippen LogP contribution in [0.2, 0.25) is 0 Å². The number of nitrogens with zero attached hydrogens (tertiary/aromatic N) is 1. The van der Waals surface area contributed by atoms with Gasteiger partial charge in [-0.2, -0.15) is 0 Å². The molecule has 1 heterocycles. The zero-order valence-electron chi connectivity index (χ0n) is 11.9. The number of carbonyl (C=O) groups excluding carboxylic acids is 1. The fraction of sp³-hybridized carbons (Fsp3) is 0.250. The van der Waals surface area contributed by atoms with E-state index >= 15 is 0 Å². The summed E-state index contributed by atoms with van der Waals surface area (Å²) in [5.74, 6) is -0.985. The molecule has 0 aliphatic carbocycles. The van der Waals surface area contributed by atoms with E-state index in [4.69, 9.17) is 5.11 Å². The summed E-state index contributed by atoms with van der Waals surface area (Å²) in [5, 5.41) is 11.4. The number of anilines is 1. The standard InChI is InChI=1S/C16H18N2O3/c1-12-3-2-10-18(11-12)16(21)17-14-7-4-13(5-8-14)6-9-15(19)20/h3-9H,2,10-11H2,1H3,(H,17,21)(H,19,20)/b9-6+. The largest absolute Gasteiger partial charge is 0.478 e. The fourth-order valence-corrected chi connectivity index (χ4v) is 2.13. The molecule has 0 radical (unpaired) electrons. The molecule has 0 bridgehead atoms. The van der Waals surface area contributed by atoms with Crippen LogP contribution in [0.15, 0.2) is 42.0 Å². The van der Waals surface area contributed by atoms with Crippen LogP contribution in [0.3, 0.4) is 0 Å². The summed E-state index contributed by atoms with van der Waals surface area (Å²) in [7, 11) is 0. The van der Waals surface area contributed by atoms with Crippen molar-refractivity contribution in [2.75, 3.05) is 18.4 Å². The van der Waals surface area contributed by atoms with Crippen LogP contribution in [-0.2, 0) is 4.79 Å². The molecule has 1 aliphatic heterocycles. The van der Waals surface area contributed by atoms with Crippen molar-refractivity contribution in [2.45, 2.75) is 13.3 Å². The monoisotopic (exact) mass is 286 g/mol. The van der Waals surface area contributed by atoms with Crippen molar-refractivity contribution in [1.29, 1.82) is 0 Å². The Morgan fingerprint density at radius 1 is 1.29 bits per heavy atom. The molecule has 0 spiro atoms. The number of hydrogen-bond donors (Lipinski definition) is 2. The lowest BCUT2D eigenvalue weighted by Gasteiger charge is -2.26. The molecule has 2 N–H and O–H groups in total. The van der Waals surface area contributed by atoms with Crippen molar-refractivity contribution in [3.8, 4) is 0 Å². The first-order valence-corrected chi connectivity index (χ1v) is 6.77. The number of benzene rings is 1. The molecule has 2 rings (SSSR count). The molecule has 0 atom stereocenters. The summed E-state index contributed by atoms with van der Waals surface area (Å²) < 4.78 is 0. The highest BCUT2D eigenvalue weighted by molar-refractivity contribution is 5.90. The maximum atomic E-state index is 12.1. The molecule has 5 heteroatoms. The molecular weight excluding hydrogens is 268 g/mol. The van der Waals surface area contributed by atoms with Gasteiger partial charge in [0.1, 0.15) is 0 Å². The Labute approximate surface area is 123 Å². The molecular formula is C16H18N2O3. The van der Waals surface area contributed by atoms with Crippen molar-refractivity contribution >= 4 is 23.8 Å². The molecule has 0 saturated heterocycles. The zero-order chi connectivity index (χ0) is 15.2. The minimum Gasteiger partial charge on any atom is -0.478 e. The Balaban J connectivity index is 1.95. The van der Waals surface area contributed by atoms with E-state index in [9.17, 15) is 9.59 Å². The number of nitrogens with one attached hydrogen (secondary N) is 1. The molecule has 0 fully saturated rings. The van der Waals surface area contributed by atoms with Crippen molar-refractivity contribution < 1.29 is 14.7 Å². The number of hydrogen-bond acceptors (Lipinski definition) is 2. The van der Waals surface area contributed by atoms with E-state index < -0.39 is 5.97 Å². The van der Waals surface area contributed by atoms with Crippen LogP contribution < -0.4 is 5.32 Å². The van der Waals surface area contributed by atoms with Gasteiger partial charge in [0.25, 0.3) is 0 Å². The van der Waals surface area contributed by atoms with Crippen LogP contribution in [0.1, 0.15) is 18.9 Å². The normalized spacial score (nSPS) is 14.9. The molecule has 5 nitrogen and oxygen atoms in total. The molecule has 1 aromatic rings. The second kappa shape index (κ2) is 6.74. The van der Waals surface area contributed by atoms with Crippen molar-refractivity contribution in [1.82, 2.24) is 4.90 Å². The minimum absolute atomic E-state index is 0.115. The summed E-state index contributed by atoms with van der Waals surface area (Å²) in [5.41, 5.74) is 2.66. The number of carboxylic acid groups (broad SMARTS) is 1. The zero-order valence-corrected chi connectivity index (χ0v) is 11.9. The molecule has 0 aromatic heterocycles. The summed E-state index contributed by atoms with van der Waals surface area (Å²) in [6, 6.07) is 6.92. The molecule has 1 aliphatic rings. The van der Waals surface area contributed by atoms with E-state index in [1.54, 1.807) is 29.2 Å². The third-order valence-corrected chi connectivity index (χ3v) is 3.20. The topological polar surface area (TPSA) is 69.6 Å². The summed E-state index contributed by atoms with van der Waals surface area (Å²) in [6.45, 7) is 3.40. The third kappa shape index (κ3) is 4.49. The van der Waals surface area contributed by atoms with E-state index in [0.29, 0.717) is 12.2 Å². The highest BCUT2D eigenvalue weighted by atomic mass is 16.4. The number of aliphatic carboxylic acids is 1. The lowest BCUT2D eigenvalue weighted by Crippen LogP contribution is -2.38. The first-order valence-electron chi connectivity index (χ1n) is 6.77. The fourth-order valence-electron chi connectivity index (χ4n) is 2.13. The second-order valence-electron chi connectivity index (χ2n) is 4.98. The maximum Gasteiger partial charge on any atom is 0.328 e. The predicted octanol–water partition coefficient (Wildman–Crippen LogP) is 2.97. The minimum atomic E-state index is -0.985. The number of amides is 2. The first kappa shape index (κ1) is 14.8. The summed E-state index contributed by atoms with van der Waals surface area (Å²) in [6.07, 6.45) is 5.62. The molecule has 2 amide bonds. The third-order valence-electron chi connectivity index (χ3n) is 3.20. The van der Waals surface area contributed by atoms with E-state index in [-0.39, 0.29) is 6.03 Å². The number of rotatable bonds is 3. The average Bonchev–Trinajstić information content (AvgIpc) is 2.46. The van der Waals surface area contributed by atoms with Gasteiger partial charge in [0.15, 0.2) is 0 Å². The van der Waals surface area contributed by atoms with Gasteiger partial charge < -0.3 is 15.3 Å². The van der Waals surface area contributed by atoms with Crippen LogP contribution in [-0.4, -0.2) is 35.1 Å². The summed E-state index contributed by atoms with van der Waals surface area (Å²) >= 11 is 0. The number of carbonyl (C=O) groups is 2. The highest BCUT2D eigenvalue weighted by Gasteiger charge is 2.16. The van der Waals surface area contributed by atoms with Gasteiger partial charge in [-0.15, -0.1) is 0 Å². The van der Waals surface area contributed by atoms with Gasteiger partial charge >= 0.3 is 12.0 Å². The maximum absolute atomic E-state index is 12.1.